The molecule has 0 unspecified atom stereocenters. The van der Waals surface area contributed by atoms with E-state index in [4.69, 9.17) is 0 Å². The monoisotopic (exact) mass is 264 g/mol. The van der Waals surface area contributed by atoms with Crippen LogP contribution >= 0.6 is 22.7 Å². The van der Waals surface area contributed by atoms with Crippen molar-refractivity contribution in [3.8, 4) is 9.75 Å². The van der Waals surface area contributed by atoms with Crippen LogP contribution in [0.1, 0.15) is 37.1 Å². The number of thiophene rings is 2. The second kappa shape index (κ2) is 5.83. The lowest BCUT2D eigenvalue weighted by Gasteiger charge is -2.05. The number of hydrogen-bond acceptors (Lipinski definition) is 2. The minimum atomic E-state index is 0.849. The van der Waals surface area contributed by atoms with E-state index in [1.165, 1.54) is 39.5 Å². The largest absolute Gasteiger partial charge is 0.143 e. The van der Waals surface area contributed by atoms with Crippen LogP contribution in [0.5, 0.6) is 0 Å². The molecule has 0 fully saturated rings. The predicted octanol–water partition coefficient (Wildman–Crippen LogP) is 5.76. The molecule has 0 radical (unpaired) electrons. The third-order valence-corrected chi connectivity index (χ3v) is 5.44. The van der Waals surface area contributed by atoms with E-state index in [-0.39, 0.29) is 0 Å². The average molecular weight is 264 g/mol. The summed E-state index contributed by atoms with van der Waals surface area (Å²) in [6, 6.07) is 6.82. The van der Waals surface area contributed by atoms with Crippen LogP contribution in [-0.2, 0) is 6.42 Å². The molecule has 0 saturated carbocycles. The third-order valence-electron chi connectivity index (χ3n) is 3.26. The first-order valence-electron chi connectivity index (χ1n) is 6.33. The topological polar surface area (TPSA) is 0 Å². The van der Waals surface area contributed by atoms with E-state index in [9.17, 15) is 0 Å². The molecule has 2 aromatic rings. The maximum Gasteiger partial charge on any atom is 0.0445 e. The van der Waals surface area contributed by atoms with Gasteiger partial charge in [-0.25, -0.2) is 0 Å². The average Bonchev–Trinajstić information content (AvgIpc) is 2.94. The van der Waals surface area contributed by atoms with Crippen LogP contribution in [0.3, 0.4) is 0 Å². The molecule has 0 saturated heterocycles. The molecule has 0 N–H and O–H groups in total. The summed E-state index contributed by atoms with van der Waals surface area (Å²) in [7, 11) is 0. The molecular weight excluding hydrogens is 244 g/mol. The van der Waals surface area contributed by atoms with Crippen molar-refractivity contribution in [1.82, 2.24) is 0 Å². The Hall–Kier alpha value is -0.600. The number of hydrogen-bond donors (Lipinski definition) is 0. The normalized spacial score (nSPS) is 12.9. The van der Waals surface area contributed by atoms with Crippen molar-refractivity contribution in [2.75, 3.05) is 0 Å². The highest BCUT2D eigenvalue weighted by atomic mass is 32.1. The van der Waals surface area contributed by atoms with Gasteiger partial charge >= 0.3 is 0 Å². The van der Waals surface area contributed by atoms with Crippen molar-refractivity contribution in [3.63, 3.8) is 0 Å². The molecule has 0 aliphatic rings. The zero-order valence-electron chi connectivity index (χ0n) is 10.8. The van der Waals surface area contributed by atoms with E-state index < -0.39 is 0 Å². The first-order valence-corrected chi connectivity index (χ1v) is 8.03. The van der Waals surface area contributed by atoms with Crippen LogP contribution in [0, 0.1) is 12.8 Å². The third kappa shape index (κ3) is 3.43. The lowest BCUT2D eigenvalue weighted by atomic mass is 10.0. The number of rotatable bonds is 5. The summed E-state index contributed by atoms with van der Waals surface area (Å²) < 4.78 is 0. The molecule has 1 atom stereocenters. The summed E-state index contributed by atoms with van der Waals surface area (Å²) in [4.78, 5) is 4.25. The van der Waals surface area contributed by atoms with Gasteiger partial charge in [0.1, 0.15) is 0 Å². The molecule has 92 valence electrons. The van der Waals surface area contributed by atoms with Crippen molar-refractivity contribution in [1.29, 1.82) is 0 Å². The maximum absolute atomic E-state index is 2.37. The quantitative estimate of drug-likeness (QED) is 0.643. The summed E-state index contributed by atoms with van der Waals surface area (Å²) in [6.45, 7) is 6.79. The summed E-state index contributed by atoms with van der Waals surface area (Å²) in [5.74, 6) is 0.849. The van der Waals surface area contributed by atoms with Crippen LogP contribution in [0.25, 0.3) is 9.75 Å². The molecule has 2 heterocycles. The highest BCUT2D eigenvalue weighted by Crippen LogP contribution is 2.33. The molecule has 0 aliphatic heterocycles. The summed E-state index contributed by atoms with van der Waals surface area (Å²) in [5, 5.41) is 2.33. The lowest BCUT2D eigenvalue weighted by molar-refractivity contribution is 0.517. The molecule has 0 amide bonds. The Morgan fingerprint density at radius 1 is 1.24 bits per heavy atom. The van der Waals surface area contributed by atoms with Gasteiger partial charge in [-0.05, 0) is 54.8 Å². The molecule has 0 spiro atoms. The van der Waals surface area contributed by atoms with Gasteiger partial charge in [0, 0.05) is 14.6 Å². The van der Waals surface area contributed by atoms with Gasteiger partial charge in [0.15, 0.2) is 0 Å². The van der Waals surface area contributed by atoms with Crippen LogP contribution in [0.15, 0.2) is 23.6 Å². The second-order valence-corrected chi connectivity index (χ2v) is 6.98. The first kappa shape index (κ1) is 12.8. The van der Waals surface area contributed by atoms with Gasteiger partial charge in [-0.1, -0.05) is 20.3 Å². The fourth-order valence-corrected chi connectivity index (χ4v) is 3.74. The van der Waals surface area contributed by atoms with Crippen LogP contribution < -0.4 is 0 Å². The van der Waals surface area contributed by atoms with Crippen molar-refractivity contribution >= 4 is 22.7 Å². The Bertz CT molecular complexity index is 465. The zero-order valence-corrected chi connectivity index (χ0v) is 12.5. The van der Waals surface area contributed by atoms with Crippen molar-refractivity contribution in [3.05, 3.63) is 34.0 Å². The van der Waals surface area contributed by atoms with Gasteiger partial charge in [-0.2, -0.15) is 0 Å². The Morgan fingerprint density at radius 2 is 2.06 bits per heavy atom. The van der Waals surface area contributed by atoms with Crippen LogP contribution in [0.4, 0.5) is 0 Å². The molecule has 2 heteroatoms. The van der Waals surface area contributed by atoms with E-state index in [1.807, 2.05) is 22.7 Å². The highest BCUT2D eigenvalue weighted by Gasteiger charge is 2.06. The van der Waals surface area contributed by atoms with E-state index in [1.54, 1.807) is 0 Å². The van der Waals surface area contributed by atoms with Gasteiger partial charge < -0.3 is 0 Å². The fraction of sp³-hybridized carbons (Fsp3) is 0.467. The second-order valence-electron chi connectivity index (χ2n) is 4.78. The van der Waals surface area contributed by atoms with Gasteiger partial charge in [0.05, 0.1) is 0 Å². The summed E-state index contributed by atoms with van der Waals surface area (Å²) in [6.07, 6.45) is 3.84. The smallest absolute Gasteiger partial charge is 0.0445 e. The van der Waals surface area contributed by atoms with Crippen molar-refractivity contribution in [2.45, 2.75) is 40.0 Å². The van der Waals surface area contributed by atoms with E-state index in [0.29, 0.717) is 0 Å². The molecule has 17 heavy (non-hydrogen) atoms. The number of aryl methyl sites for hydroxylation is 2. The van der Waals surface area contributed by atoms with E-state index in [0.717, 1.165) is 5.92 Å². The van der Waals surface area contributed by atoms with Crippen LogP contribution in [0.2, 0.25) is 0 Å². The lowest BCUT2D eigenvalue weighted by Crippen LogP contribution is -1.94. The Morgan fingerprint density at radius 3 is 2.71 bits per heavy atom. The highest BCUT2D eigenvalue weighted by molar-refractivity contribution is 7.21. The van der Waals surface area contributed by atoms with E-state index in [2.05, 4.69) is 44.4 Å². The maximum atomic E-state index is 2.37. The Labute approximate surface area is 112 Å². The predicted molar refractivity (Wildman–Crippen MR) is 80.1 cm³/mol. The van der Waals surface area contributed by atoms with Crippen molar-refractivity contribution in [2.24, 2.45) is 5.92 Å². The van der Waals surface area contributed by atoms with Crippen molar-refractivity contribution < 1.29 is 0 Å². The standard InChI is InChI=1S/C15H20S2/c1-4-11(2)5-7-13-9-15(16-10-13)14-8-6-12(3)17-14/h6,8-11H,4-5,7H2,1-3H3/t11-/m0/s1. The minimum Gasteiger partial charge on any atom is -0.143 e. The minimum absolute atomic E-state index is 0.849. The van der Waals surface area contributed by atoms with Gasteiger partial charge in [0.2, 0.25) is 0 Å². The molecule has 0 bridgehead atoms. The summed E-state index contributed by atoms with van der Waals surface area (Å²) >= 11 is 3.78. The molecule has 0 nitrogen and oxygen atoms in total. The zero-order chi connectivity index (χ0) is 12.3. The van der Waals surface area contributed by atoms with E-state index >= 15 is 0 Å². The first-order chi connectivity index (χ1) is 8.19. The summed E-state index contributed by atoms with van der Waals surface area (Å²) in [5.41, 5.74) is 1.51. The molecule has 2 aromatic heterocycles. The van der Waals surface area contributed by atoms with Gasteiger partial charge in [-0.3, -0.25) is 0 Å². The van der Waals surface area contributed by atoms with Gasteiger partial charge in [0.25, 0.3) is 0 Å². The molecule has 0 aromatic carbocycles. The Balaban J connectivity index is 2.01. The van der Waals surface area contributed by atoms with Crippen LogP contribution in [-0.4, -0.2) is 0 Å². The SMILES string of the molecule is CC[C@H](C)CCc1csc(-c2ccc(C)s2)c1. The van der Waals surface area contributed by atoms with Gasteiger partial charge in [-0.15, -0.1) is 22.7 Å². The molecular formula is C15H20S2. The Kier molecular flexibility index (Phi) is 4.41. The molecule has 0 aliphatic carbocycles. The molecule has 2 rings (SSSR count). The fourth-order valence-electron chi connectivity index (χ4n) is 1.82.